The van der Waals surface area contributed by atoms with Gasteiger partial charge in [-0.3, -0.25) is 0 Å². The molecule has 164 valence electrons. The average molecular weight is 435 g/mol. The molecule has 1 aromatic heterocycles. The Morgan fingerprint density at radius 3 is 2.79 bits per heavy atom. The maximum atomic E-state index is 12.5. The molecule has 0 spiro atoms. The summed E-state index contributed by atoms with van der Waals surface area (Å²) in [6, 6.07) is 1.46. The number of carbonyl (C=O) groups is 3. The van der Waals surface area contributed by atoms with Crippen molar-refractivity contribution in [3.63, 3.8) is 0 Å². The number of esters is 2. The van der Waals surface area contributed by atoms with Crippen LogP contribution in [0.25, 0.3) is 0 Å². The molecule has 1 amide bonds. The van der Waals surface area contributed by atoms with Gasteiger partial charge >= 0.3 is 167 Å². The van der Waals surface area contributed by atoms with Crippen LogP contribution in [0.4, 0.5) is 0 Å². The van der Waals surface area contributed by atoms with Gasteiger partial charge in [0.15, 0.2) is 0 Å². The SMILES string of the molecule is COC(=O)CCNC(=O)[C@@H]1O[PH](O)(OCOC(=O)c2ccnn2C)OCC1(C)C. The van der Waals surface area contributed by atoms with Gasteiger partial charge in [0, 0.05) is 0 Å². The normalized spacial score (nSPS) is 21.1. The van der Waals surface area contributed by atoms with E-state index in [9.17, 15) is 19.3 Å². The standard InChI is InChI=1S/C16H26N3O9P/c1-16(2)9-26-29(23,27-10-25-15(22)11-5-8-18-19(11)3)28-13(16)14(21)17-7-6-12(20)24-4/h5,8,13,23,29H,6-7,9-10H2,1-4H3,(H,17,21)/t13-/m0/s1. The second-order valence-electron chi connectivity index (χ2n) is 6.95. The molecule has 0 unspecified atom stereocenters. The molecule has 1 aliphatic rings. The van der Waals surface area contributed by atoms with Crippen molar-refractivity contribution in [2.24, 2.45) is 12.5 Å². The Morgan fingerprint density at radius 1 is 1.45 bits per heavy atom. The summed E-state index contributed by atoms with van der Waals surface area (Å²) in [6.07, 6.45) is 0.324. The number of methoxy groups -OCH3 is 1. The van der Waals surface area contributed by atoms with Crippen LogP contribution < -0.4 is 5.32 Å². The molecule has 12 nitrogen and oxygen atoms in total. The molecule has 1 aliphatic heterocycles. The predicted octanol–water partition coefficient (Wildman–Crippen LogP) is 0.0741. The van der Waals surface area contributed by atoms with Crippen LogP contribution in [0.3, 0.4) is 0 Å². The number of nitrogens with zero attached hydrogens (tertiary/aromatic N) is 2. The number of carbonyl (C=O) groups excluding carboxylic acids is 3. The molecule has 1 saturated heterocycles. The number of hydrogen-bond donors (Lipinski definition) is 2. The molecule has 29 heavy (non-hydrogen) atoms. The first-order valence-electron chi connectivity index (χ1n) is 8.76. The Balaban J connectivity index is 1.90. The minimum absolute atomic E-state index is 0.00590. The summed E-state index contributed by atoms with van der Waals surface area (Å²) in [5.41, 5.74) is -0.583. The maximum absolute atomic E-state index is 12.5. The van der Waals surface area contributed by atoms with Gasteiger partial charge < -0.3 is 0 Å². The minimum atomic E-state index is -4.24. The van der Waals surface area contributed by atoms with Crippen LogP contribution in [0.2, 0.25) is 0 Å². The van der Waals surface area contributed by atoms with Crippen LogP contribution in [0.15, 0.2) is 12.3 Å². The summed E-state index contributed by atoms with van der Waals surface area (Å²) in [6.45, 7) is 2.82. The molecular formula is C16H26N3O9P. The molecule has 1 fully saturated rings. The zero-order chi connectivity index (χ0) is 21.7. The zero-order valence-electron chi connectivity index (χ0n) is 16.7. The number of aromatic nitrogens is 2. The Kier molecular flexibility index (Phi) is 7.66. The topological polar surface area (TPSA) is 147 Å². The van der Waals surface area contributed by atoms with Gasteiger partial charge in [0.2, 0.25) is 0 Å². The second kappa shape index (κ2) is 9.59. The first-order valence-corrected chi connectivity index (χ1v) is 10.4. The van der Waals surface area contributed by atoms with Crippen molar-refractivity contribution in [1.82, 2.24) is 15.1 Å². The van der Waals surface area contributed by atoms with Crippen molar-refractivity contribution in [3.05, 3.63) is 18.0 Å². The van der Waals surface area contributed by atoms with Gasteiger partial charge in [-0.2, -0.15) is 0 Å². The fourth-order valence-electron chi connectivity index (χ4n) is 2.47. The van der Waals surface area contributed by atoms with Crippen LogP contribution in [0.1, 0.15) is 30.8 Å². The molecule has 0 bridgehead atoms. The van der Waals surface area contributed by atoms with E-state index in [0.29, 0.717) is 0 Å². The third kappa shape index (κ3) is 6.18. The van der Waals surface area contributed by atoms with E-state index in [1.807, 2.05) is 0 Å². The van der Waals surface area contributed by atoms with E-state index in [0.717, 1.165) is 0 Å². The van der Waals surface area contributed by atoms with Gasteiger partial charge in [-0.15, -0.1) is 0 Å². The molecule has 0 saturated carbocycles. The molecule has 1 aromatic rings. The number of nitrogens with one attached hydrogen (secondary N) is 1. The average Bonchev–Trinajstić information content (AvgIpc) is 3.09. The van der Waals surface area contributed by atoms with Crippen LogP contribution >= 0.6 is 8.17 Å². The van der Waals surface area contributed by atoms with Crippen LogP contribution in [0.5, 0.6) is 0 Å². The summed E-state index contributed by atoms with van der Waals surface area (Å²) < 4.78 is 26.6. The van der Waals surface area contributed by atoms with Crippen LogP contribution in [0, 0.1) is 5.41 Å². The monoisotopic (exact) mass is 435 g/mol. The van der Waals surface area contributed by atoms with Crippen molar-refractivity contribution < 1.29 is 42.3 Å². The third-order valence-electron chi connectivity index (χ3n) is 4.16. The van der Waals surface area contributed by atoms with Gasteiger partial charge in [-0.1, -0.05) is 0 Å². The number of ether oxygens (including phenoxy) is 2. The molecule has 0 aliphatic carbocycles. The second-order valence-corrected chi connectivity index (χ2v) is 8.81. The first-order chi connectivity index (χ1) is 13.6. The molecule has 0 radical (unpaired) electrons. The Bertz CT molecular complexity index is 754. The number of aryl methyl sites for hydroxylation is 1. The van der Waals surface area contributed by atoms with Crippen LogP contribution in [-0.4, -0.2) is 65.7 Å². The van der Waals surface area contributed by atoms with Gasteiger partial charge in [0.1, 0.15) is 0 Å². The van der Waals surface area contributed by atoms with Crippen molar-refractivity contribution in [2.75, 3.05) is 27.1 Å². The van der Waals surface area contributed by atoms with Crippen molar-refractivity contribution in [1.29, 1.82) is 0 Å². The number of rotatable bonds is 8. The van der Waals surface area contributed by atoms with E-state index in [-0.39, 0.29) is 25.3 Å². The summed E-state index contributed by atoms with van der Waals surface area (Å²) in [7, 11) is -1.42. The van der Waals surface area contributed by atoms with Gasteiger partial charge in [0.25, 0.3) is 0 Å². The summed E-state index contributed by atoms with van der Waals surface area (Å²) >= 11 is 0. The molecule has 2 heterocycles. The Hall–Kier alpha value is -2.11. The van der Waals surface area contributed by atoms with Crippen molar-refractivity contribution >= 4 is 26.0 Å². The van der Waals surface area contributed by atoms with E-state index < -0.39 is 44.3 Å². The molecule has 13 heteroatoms. The number of hydrogen-bond acceptors (Lipinski definition) is 10. The molecule has 2 rings (SSSR count). The molecule has 0 aromatic carbocycles. The van der Waals surface area contributed by atoms with Gasteiger partial charge in [-0.05, 0) is 0 Å². The van der Waals surface area contributed by atoms with Crippen molar-refractivity contribution in [3.8, 4) is 0 Å². The molecule has 2 N–H and O–H groups in total. The fraction of sp³-hybridized carbons (Fsp3) is 0.625. The summed E-state index contributed by atoms with van der Waals surface area (Å²) in [5.74, 6) is -1.72. The molecule has 1 atom stereocenters. The van der Waals surface area contributed by atoms with Crippen LogP contribution in [-0.2, 0) is 39.7 Å². The van der Waals surface area contributed by atoms with E-state index in [2.05, 4.69) is 15.2 Å². The molecular weight excluding hydrogens is 409 g/mol. The predicted molar refractivity (Wildman–Crippen MR) is 99.4 cm³/mol. The summed E-state index contributed by atoms with van der Waals surface area (Å²) in [4.78, 5) is 46.0. The van der Waals surface area contributed by atoms with Crippen molar-refractivity contribution in [2.45, 2.75) is 26.4 Å². The van der Waals surface area contributed by atoms with E-state index in [1.165, 1.54) is 24.1 Å². The van der Waals surface area contributed by atoms with Gasteiger partial charge in [-0.25, -0.2) is 0 Å². The van der Waals surface area contributed by atoms with E-state index >= 15 is 0 Å². The zero-order valence-corrected chi connectivity index (χ0v) is 17.7. The number of amides is 1. The summed E-state index contributed by atoms with van der Waals surface area (Å²) in [5, 5.41) is 6.40. The van der Waals surface area contributed by atoms with E-state index in [4.69, 9.17) is 18.3 Å². The van der Waals surface area contributed by atoms with Gasteiger partial charge in [0.05, 0.1) is 0 Å². The Morgan fingerprint density at radius 2 is 2.17 bits per heavy atom. The first kappa shape index (κ1) is 23.2. The third-order valence-corrected chi connectivity index (χ3v) is 5.68. The quantitative estimate of drug-likeness (QED) is 0.327. The Labute approximate surface area is 168 Å². The fourth-order valence-corrected chi connectivity index (χ4v) is 4.17. The van der Waals surface area contributed by atoms with E-state index in [1.54, 1.807) is 20.9 Å².